The van der Waals surface area contributed by atoms with Crippen LogP contribution >= 0.6 is 0 Å². The first kappa shape index (κ1) is 19.4. The highest BCUT2D eigenvalue weighted by molar-refractivity contribution is 5.94. The summed E-state index contributed by atoms with van der Waals surface area (Å²) < 4.78 is 5.08. The molecule has 1 amide bonds. The smallest absolute Gasteiger partial charge is 0.303 e. The van der Waals surface area contributed by atoms with Gasteiger partial charge in [0.05, 0.1) is 6.61 Å². The quantitative estimate of drug-likeness (QED) is 0.713. The van der Waals surface area contributed by atoms with Gasteiger partial charge in [-0.15, -0.1) is 0 Å². The van der Waals surface area contributed by atoms with Gasteiger partial charge in [-0.25, -0.2) is 0 Å². The van der Waals surface area contributed by atoms with E-state index in [-0.39, 0.29) is 18.4 Å². The number of hydrogen-bond donors (Lipinski definition) is 2. The SMILES string of the molecule is COCc1ccc(C(=O)NC(CCC(=O)O)CC2CCCCC2)cc1. The van der Waals surface area contributed by atoms with Crippen LogP contribution in [0.5, 0.6) is 0 Å². The van der Waals surface area contributed by atoms with Crippen LogP contribution in [0.3, 0.4) is 0 Å². The first-order chi connectivity index (χ1) is 12.1. The van der Waals surface area contributed by atoms with Gasteiger partial charge in [-0.05, 0) is 36.5 Å². The van der Waals surface area contributed by atoms with E-state index in [1.807, 2.05) is 12.1 Å². The second kappa shape index (κ2) is 10.2. The van der Waals surface area contributed by atoms with Gasteiger partial charge in [0.15, 0.2) is 0 Å². The predicted molar refractivity (Wildman–Crippen MR) is 96.5 cm³/mol. The number of amides is 1. The molecule has 25 heavy (non-hydrogen) atoms. The highest BCUT2D eigenvalue weighted by atomic mass is 16.5. The summed E-state index contributed by atoms with van der Waals surface area (Å²) in [6, 6.07) is 7.26. The normalized spacial score (nSPS) is 16.4. The van der Waals surface area contributed by atoms with Gasteiger partial charge in [0.2, 0.25) is 0 Å². The molecule has 0 radical (unpaired) electrons. The van der Waals surface area contributed by atoms with Crippen LogP contribution in [0.25, 0.3) is 0 Å². The third-order valence-corrected chi connectivity index (χ3v) is 4.91. The summed E-state index contributed by atoms with van der Waals surface area (Å²) in [5.41, 5.74) is 1.62. The molecule has 138 valence electrons. The number of carbonyl (C=O) groups is 2. The summed E-state index contributed by atoms with van der Waals surface area (Å²) >= 11 is 0. The van der Waals surface area contributed by atoms with Gasteiger partial charge in [-0.2, -0.15) is 0 Å². The Hall–Kier alpha value is -1.88. The molecule has 1 aromatic rings. The Morgan fingerprint density at radius 2 is 1.88 bits per heavy atom. The zero-order chi connectivity index (χ0) is 18.1. The third-order valence-electron chi connectivity index (χ3n) is 4.91. The maximum Gasteiger partial charge on any atom is 0.303 e. The Morgan fingerprint density at radius 1 is 1.20 bits per heavy atom. The Kier molecular flexibility index (Phi) is 7.92. The summed E-state index contributed by atoms with van der Waals surface area (Å²) in [6.45, 7) is 0.519. The monoisotopic (exact) mass is 347 g/mol. The average Bonchev–Trinajstić information content (AvgIpc) is 2.61. The van der Waals surface area contributed by atoms with E-state index in [0.717, 1.165) is 12.0 Å². The van der Waals surface area contributed by atoms with Crippen molar-refractivity contribution in [3.63, 3.8) is 0 Å². The highest BCUT2D eigenvalue weighted by Crippen LogP contribution is 2.28. The molecule has 5 heteroatoms. The van der Waals surface area contributed by atoms with Crippen LogP contribution in [-0.2, 0) is 16.1 Å². The van der Waals surface area contributed by atoms with Crippen molar-refractivity contribution in [1.82, 2.24) is 5.32 Å². The molecule has 1 atom stereocenters. The summed E-state index contributed by atoms with van der Waals surface area (Å²) in [7, 11) is 1.64. The Labute approximate surface area is 149 Å². The zero-order valence-electron chi connectivity index (χ0n) is 15.0. The molecular weight excluding hydrogens is 318 g/mol. The molecule has 2 rings (SSSR count). The van der Waals surface area contributed by atoms with E-state index in [1.54, 1.807) is 19.2 Å². The molecule has 1 saturated carbocycles. The van der Waals surface area contributed by atoms with E-state index >= 15 is 0 Å². The molecule has 0 bridgehead atoms. The van der Waals surface area contributed by atoms with Gasteiger partial charge in [0, 0.05) is 25.1 Å². The molecule has 1 aromatic carbocycles. The fraction of sp³-hybridized carbons (Fsp3) is 0.600. The van der Waals surface area contributed by atoms with E-state index in [1.165, 1.54) is 32.1 Å². The van der Waals surface area contributed by atoms with E-state index in [4.69, 9.17) is 9.84 Å². The summed E-state index contributed by atoms with van der Waals surface area (Å²) in [4.78, 5) is 23.4. The van der Waals surface area contributed by atoms with E-state index in [0.29, 0.717) is 24.5 Å². The molecule has 0 heterocycles. The van der Waals surface area contributed by atoms with Crippen molar-refractivity contribution >= 4 is 11.9 Å². The van der Waals surface area contributed by atoms with Crippen molar-refractivity contribution in [2.24, 2.45) is 5.92 Å². The molecule has 0 aliphatic heterocycles. The number of ether oxygens (including phenoxy) is 1. The largest absolute Gasteiger partial charge is 0.481 e. The van der Waals surface area contributed by atoms with Gasteiger partial charge >= 0.3 is 5.97 Å². The second-order valence-corrected chi connectivity index (χ2v) is 6.97. The molecule has 1 fully saturated rings. The number of carbonyl (C=O) groups excluding carboxylic acids is 1. The Balaban J connectivity index is 1.95. The molecule has 1 aliphatic carbocycles. The number of nitrogens with one attached hydrogen (secondary N) is 1. The minimum Gasteiger partial charge on any atom is -0.481 e. The number of hydrogen-bond acceptors (Lipinski definition) is 3. The van der Waals surface area contributed by atoms with Crippen LogP contribution in [0, 0.1) is 5.92 Å². The standard InChI is InChI=1S/C20H29NO4/c1-25-14-16-7-9-17(10-8-16)20(24)21-18(11-12-19(22)23)13-15-5-3-2-4-6-15/h7-10,15,18H,2-6,11-14H2,1H3,(H,21,24)(H,22,23). The molecule has 0 spiro atoms. The lowest BCUT2D eigenvalue weighted by Crippen LogP contribution is -2.37. The number of benzene rings is 1. The van der Waals surface area contributed by atoms with Gasteiger partial charge in [0.1, 0.15) is 0 Å². The lowest BCUT2D eigenvalue weighted by Gasteiger charge is -2.27. The number of carboxylic acid groups (broad SMARTS) is 1. The van der Waals surface area contributed by atoms with Gasteiger partial charge in [-0.1, -0.05) is 44.2 Å². The fourth-order valence-electron chi connectivity index (χ4n) is 3.56. The van der Waals surface area contributed by atoms with Crippen molar-refractivity contribution in [1.29, 1.82) is 0 Å². The highest BCUT2D eigenvalue weighted by Gasteiger charge is 2.21. The molecule has 1 aliphatic rings. The van der Waals surface area contributed by atoms with Crippen molar-refractivity contribution < 1.29 is 19.4 Å². The van der Waals surface area contributed by atoms with Crippen LogP contribution in [0.2, 0.25) is 0 Å². The van der Waals surface area contributed by atoms with Crippen molar-refractivity contribution in [3.05, 3.63) is 35.4 Å². The average molecular weight is 347 g/mol. The van der Waals surface area contributed by atoms with E-state index in [2.05, 4.69) is 5.32 Å². The van der Waals surface area contributed by atoms with Crippen molar-refractivity contribution in [2.75, 3.05) is 7.11 Å². The first-order valence-electron chi connectivity index (χ1n) is 9.19. The minimum atomic E-state index is -0.813. The third kappa shape index (κ3) is 6.86. The fourth-order valence-corrected chi connectivity index (χ4v) is 3.56. The lowest BCUT2D eigenvalue weighted by atomic mass is 9.84. The van der Waals surface area contributed by atoms with E-state index < -0.39 is 5.97 Å². The first-order valence-corrected chi connectivity index (χ1v) is 9.19. The summed E-state index contributed by atoms with van der Waals surface area (Å²) in [6.07, 6.45) is 7.59. The molecule has 0 saturated heterocycles. The maximum absolute atomic E-state index is 12.5. The van der Waals surface area contributed by atoms with Crippen LogP contribution in [0.4, 0.5) is 0 Å². The molecule has 1 unspecified atom stereocenters. The number of rotatable bonds is 9. The Morgan fingerprint density at radius 3 is 2.48 bits per heavy atom. The summed E-state index contributed by atoms with van der Waals surface area (Å²) in [5, 5.41) is 12.0. The number of aliphatic carboxylic acids is 1. The van der Waals surface area contributed by atoms with Crippen LogP contribution in [-0.4, -0.2) is 30.1 Å². The topological polar surface area (TPSA) is 75.6 Å². The maximum atomic E-state index is 12.5. The van der Waals surface area contributed by atoms with E-state index in [9.17, 15) is 9.59 Å². The van der Waals surface area contributed by atoms with Gasteiger partial charge in [-0.3, -0.25) is 9.59 Å². The molecule has 2 N–H and O–H groups in total. The molecule has 0 aromatic heterocycles. The zero-order valence-corrected chi connectivity index (χ0v) is 15.0. The van der Waals surface area contributed by atoms with Crippen LogP contribution in [0.1, 0.15) is 67.3 Å². The van der Waals surface area contributed by atoms with Crippen LogP contribution in [0.15, 0.2) is 24.3 Å². The predicted octanol–water partition coefficient (Wildman–Crippen LogP) is 3.77. The number of carboxylic acids is 1. The minimum absolute atomic E-state index is 0.0784. The Bertz CT molecular complexity index is 549. The molecular formula is C20H29NO4. The lowest BCUT2D eigenvalue weighted by molar-refractivity contribution is -0.137. The van der Waals surface area contributed by atoms with Crippen LogP contribution < -0.4 is 5.32 Å². The van der Waals surface area contributed by atoms with Gasteiger partial charge < -0.3 is 15.2 Å². The van der Waals surface area contributed by atoms with Gasteiger partial charge in [0.25, 0.3) is 5.91 Å². The van der Waals surface area contributed by atoms with Crippen molar-refractivity contribution in [3.8, 4) is 0 Å². The molecule has 5 nitrogen and oxygen atoms in total. The number of methoxy groups -OCH3 is 1. The summed E-state index contributed by atoms with van der Waals surface area (Å²) in [5.74, 6) is -0.348. The second-order valence-electron chi connectivity index (χ2n) is 6.97. The van der Waals surface area contributed by atoms with Crippen molar-refractivity contribution in [2.45, 2.75) is 64.0 Å².